The van der Waals surface area contributed by atoms with E-state index in [1.165, 1.54) is 11.1 Å². The molecule has 1 heterocycles. The van der Waals surface area contributed by atoms with E-state index in [1.54, 1.807) is 0 Å². The number of nitrogens with one attached hydrogen (secondary N) is 1. The summed E-state index contributed by atoms with van der Waals surface area (Å²) in [7, 11) is 0. The van der Waals surface area contributed by atoms with E-state index < -0.39 is 5.97 Å². The second-order valence-electron chi connectivity index (χ2n) is 8.05. The fourth-order valence-corrected chi connectivity index (χ4v) is 4.62. The van der Waals surface area contributed by atoms with E-state index in [9.17, 15) is 9.59 Å². The topological polar surface area (TPSA) is 69.6 Å². The van der Waals surface area contributed by atoms with Gasteiger partial charge in [0.15, 0.2) is 0 Å². The van der Waals surface area contributed by atoms with E-state index in [0.29, 0.717) is 12.3 Å². The molecule has 30 heavy (non-hydrogen) atoms. The van der Waals surface area contributed by atoms with Crippen LogP contribution in [0.5, 0.6) is 0 Å². The Morgan fingerprint density at radius 2 is 1.67 bits per heavy atom. The first-order valence-electron chi connectivity index (χ1n) is 10.9. The van der Waals surface area contributed by atoms with Crippen LogP contribution in [0.2, 0.25) is 0 Å². The predicted octanol–water partition coefficient (Wildman–Crippen LogP) is 3.90. The number of carbonyl (C=O) groups excluding carboxylic acids is 1. The first-order chi connectivity index (χ1) is 14.6. The van der Waals surface area contributed by atoms with Gasteiger partial charge in [-0.3, -0.25) is 14.5 Å². The molecule has 0 radical (unpaired) electrons. The number of hydrogen-bond acceptors (Lipinski definition) is 4. The van der Waals surface area contributed by atoms with Crippen LogP contribution in [0.15, 0.2) is 60.7 Å². The second-order valence-corrected chi connectivity index (χ2v) is 8.05. The summed E-state index contributed by atoms with van der Waals surface area (Å²) in [6, 6.07) is 21.6. The van der Waals surface area contributed by atoms with Gasteiger partial charge in [0.25, 0.3) is 0 Å². The van der Waals surface area contributed by atoms with Gasteiger partial charge in [0.2, 0.25) is 0 Å². The molecule has 1 aliphatic rings. The number of nitrogens with zero attached hydrogens (tertiary/aromatic N) is 1. The highest BCUT2D eigenvalue weighted by molar-refractivity contribution is 5.94. The summed E-state index contributed by atoms with van der Waals surface area (Å²) in [5, 5.41) is 12.4. The molecule has 2 N–H and O–H groups in total. The summed E-state index contributed by atoms with van der Waals surface area (Å²) in [6.45, 7) is 4.90. The van der Waals surface area contributed by atoms with Crippen molar-refractivity contribution < 1.29 is 14.7 Å². The van der Waals surface area contributed by atoms with Crippen LogP contribution in [0.1, 0.15) is 49.8 Å². The average Bonchev–Trinajstić information content (AvgIpc) is 2.76. The molecule has 0 spiro atoms. The maximum Gasteiger partial charge on any atom is 0.310 e. The summed E-state index contributed by atoms with van der Waals surface area (Å²) < 4.78 is 0. The van der Waals surface area contributed by atoms with Crippen LogP contribution in [0.4, 0.5) is 0 Å². The third-order valence-corrected chi connectivity index (χ3v) is 6.10. The number of carbonyl (C=O) groups is 2. The molecular formula is C25H32N2O3. The van der Waals surface area contributed by atoms with Crippen LogP contribution >= 0.6 is 0 Å². The van der Waals surface area contributed by atoms with Gasteiger partial charge in [-0.05, 0) is 23.5 Å². The van der Waals surface area contributed by atoms with Crippen LogP contribution in [0.3, 0.4) is 0 Å². The third-order valence-electron chi connectivity index (χ3n) is 6.10. The standard InChI is InChI=1S/C25H32N2O3/c1-2-19(13-14-22(28)17-24(29)30)23-18-26-15-16-27(23)25(20-9-5-3-6-10-20)21-11-7-4-8-12-21/h3-12,19,23,25-26H,2,13-18H2,1H3,(H,29,30). The molecule has 0 aromatic heterocycles. The van der Waals surface area contributed by atoms with Gasteiger partial charge in [-0.15, -0.1) is 0 Å². The van der Waals surface area contributed by atoms with Crippen LogP contribution in [-0.4, -0.2) is 47.4 Å². The molecule has 1 aliphatic heterocycles. The Labute approximate surface area is 179 Å². The Balaban J connectivity index is 1.85. The number of Topliss-reactive ketones (excluding diaryl/α,β-unsaturated/α-hetero) is 1. The molecule has 2 aromatic rings. The molecule has 5 heteroatoms. The minimum absolute atomic E-state index is 0.156. The lowest BCUT2D eigenvalue weighted by molar-refractivity contribution is -0.140. The molecule has 2 atom stereocenters. The fraction of sp³-hybridized carbons (Fsp3) is 0.440. The van der Waals surface area contributed by atoms with Crippen molar-refractivity contribution in [1.29, 1.82) is 0 Å². The number of ketones is 1. The molecule has 0 saturated carbocycles. The molecule has 5 nitrogen and oxygen atoms in total. The van der Waals surface area contributed by atoms with Crippen molar-refractivity contribution in [3.8, 4) is 0 Å². The van der Waals surface area contributed by atoms with E-state index >= 15 is 0 Å². The lowest BCUT2D eigenvalue weighted by Gasteiger charge is -2.45. The monoisotopic (exact) mass is 408 g/mol. The lowest BCUT2D eigenvalue weighted by Crippen LogP contribution is -2.55. The summed E-state index contributed by atoms with van der Waals surface area (Å²) in [4.78, 5) is 25.4. The number of aliphatic carboxylic acids is 1. The van der Waals surface area contributed by atoms with Gasteiger partial charge in [-0.1, -0.05) is 74.0 Å². The highest BCUT2D eigenvalue weighted by atomic mass is 16.4. The summed E-state index contributed by atoms with van der Waals surface area (Å²) in [6.07, 6.45) is 1.64. The Morgan fingerprint density at radius 1 is 1.07 bits per heavy atom. The smallest absolute Gasteiger partial charge is 0.310 e. The van der Waals surface area contributed by atoms with E-state index in [2.05, 4.69) is 65.7 Å². The van der Waals surface area contributed by atoms with Crippen LogP contribution in [0.25, 0.3) is 0 Å². The largest absolute Gasteiger partial charge is 0.481 e. The molecule has 2 aromatic carbocycles. The maximum absolute atomic E-state index is 12.0. The number of benzene rings is 2. The van der Waals surface area contributed by atoms with Crippen molar-refractivity contribution >= 4 is 11.8 Å². The molecule has 1 fully saturated rings. The SMILES string of the molecule is CCC(CCC(=O)CC(=O)O)C1CNCCN1C(c1ccccc1)c1ccccc1. The minimum Gasteiger partial charge on any atom is -0.481 e. The number of carboxylic acid groups (broad SMARTS) is 1. The summed E-state index contributed by atoms with van der Waals surface area (Å²) in [5.74, 6) is -0.897. The Morgan fingerprint density at radius 3 is 2.20 bits per heavy atom. The first kappa shape index (κ1) is 22.2. The first-order valence-corrected chi connectivity index (χ1v) is 10.9. The zero-order chi connectivity index (χ0) is 21.3. The quantitative estimate of drug-likeness (QED) is 0.584. The van der Waals surface area contributed by atoms with Crippen molar-refractivity contribution in [2.45, 2.75) is 44.7 Å². The van der Waals surface area contributed by atoms with Gasteiger partial charge in [-0.25, -0.2) is 0 Å². The van der Waals surface area contributed by atoms with Crippen LogP contribution in [-0.2, 0) is 9.59 Å². The molecular weight excluding hydrogens is 376 g/mol. The van der Waals surface area contributed by atoms with Gasteiger partial charge >= 0.3 is 5.97 Å². The van der Waals surface area contributed by atoms with E-state index in [0.717, 1.165) is 32.5 Å². The van der Waals surface area contributed by atoms with Crippen LogP contribution < -0.4 is 5.32 Å². The lowest BCUT2D eigenvalue weighted by atomic mass is 9.85. The third kappa shape index (κ3) is 5.77. The number of rotatable bonds is 10. The minimum atomic E-state index is -1.04. The average molecular weight is 409 g/mol. The Hall–Kier alpha value is -2.50. The highest BCUT2D eigenvalue weighted by Gasteiger charge is 2.35. The molecule has 0 amide bonds. The molecule has 3 rings (SSSR count). The van der Waals surface area contributed by atoms with Gasteiger partial charge in [-0.2, -0.15) is 0 Å². The zero-order valence-corrected chi connectivity index (χ0v) is 17.7. The van der Waals surface area contributed by atoms with Gasteiger partial charge in [0.05, 0.1) is 6.04 Å². The molecule has 0 bridgehead atoms. The maximum atomic E-state index is 12.0. The molecule has 160 valence electrons. The Bertz CT molecular complexity index is 770. The van der Waals surface area contributed by atoms with Crippen molar-refractivity contribution in [1.82, 2.24) is 10.2 Å². The van der Waals surface area contributed by atoms with Crippen LogP contribution in [0, 0.1) is 5.92 Å². The number of carboxylic acids is 1. The van der Waals surface area contributed by atoms with Crippen molar-refractivity contribution in [2.75, 3.05) is 19.6 Å². The number of hydrogen-bond donors (Lipinski definition) is 2. The van der Waals surface area contributed by atoms with Crippen molar-refractivity contribution in [3.63, 3.8) is 0 Å². The summed E-state index contributed by atoms with van der Waals surface area (Å²) in [5.41, 5.74) is 2.54. The zero-order valence-electron chi connectivity index (χ0n) is 17.7. The fourth-order valence-electron chi connectivity index (χ4n) is 4.62. The Kier molecular flexibility index (Phi) is 8.17. The second kappa shape index (κ2) is 11.0. The number of piperazine rings is 1. The van der Waals surface area contributed by atoms with Gasteiger partial charge in [0, 0.05) is 32.1 Å². The normalized spacial score (nSPS) is 18.3. The highest BCUT2D eigenvalue weighted by Crippen LogP contribution is 2.34. The van der Waals surface area contributed by atoms with Gasteiger partial charge in [0.1, 0.15) is 12.2 Å². The van der Waals surface area contributed by atoms with E-state index in [4.69, 9.17) is 5.11 Å². The van der Waals surface area contributed by atoms with E-state index in [1.807, 2.05) is 12.1 Å². The van der Waals surface area contributed by atoms with E-state index in [-0.39, 0.29) is 24.3 Å². The van der Waals surface area contributed by atoms with Crippen molar-refractivity contribution in [2.24, 2.45) is 5.92 Å². The molecule has 2 unspecified atom stereocenters. The predicted molar refractivity (Wildman–Crippen MR) is 118 cm³/mol. The van der Waals surface area contributed by atoms with Gasteiger partial charge < -0.3 is 10.4 Å². The molecule has 0 aliphatic carbocycles. The summed E-state index contributed by atoms with van der Waals surface area (Å²) >= 11 is 0. The van der Waals surface area contributed by atoms with Crippen molar-refractivity contribution in [3.05, 3.63) is 71.8 Å². The molecule has 1 saturated heterocycles.